The number of rotatable bonds is 3. The quantitative estimate of drug-likeness (QED) is 0.906. The smallest absolute Gasteiger partial charge is 0.309 e. The van der Waals surface area contributed by atoms with Crippen molar-refractivity contribution in [1.82, 2.24) is 5.16 Å². The molecule has 1 aliphatic heterocycles. The Morgan fingerprint density at radius 3 is 2.79 bits per heavy atom. The van der Waals surface area contributed by atoms with Crippen LogP contribution in [0.15, 0.2) is 28.8 Å². The first kappa shape index (κ1) is 11.6. The molecule has 6 heteroatoms. The summed E-state index contributed by atoms with van der Waals surface area (Å²) < 4.78 is 16.0. The van der Waals surface area contributed by atoms with E-state index < -0.39 is 5.97 Å². The lowest BCUT2D eigenvalue weighted by atomic mass is 10.1. The molecule has 0 aliphatic carbocycles. The number of aromatic nitrogens is 1. The molecule has 0 spiro atoms. The van der Waals surface area contributed by atoms with Crippen molar-refractivity contribution >= 4 is 5.97 Å². The van der Waals surface area contributed by atoms with Crippen LogP contribution in [0.4, 0.5) is 0 Å². The van der Waals surface area contributed by atoms with Crippen LogP contribution in [0.3, 0.4) is 0 Å². The van der Waals surface area contributed by atoms with Crippen LogP contribution in [0.5, 0.6) is 11.5 Å². The van der Waals surface area contributed by atoms with Crippen molar-refractivity contribution in [2.24, 2.45) is 0 Å². The van der Waals surface area contributed by atoms with Crippen LogP contribution >= 0.6 is 0 Å². The summed E-state index contributed by atoms with van der Waals surface area (Å²) in [5, 5.41) is 12.4. The van der Waals surface area contributed by atoms with Crippen LogP contribution in [0.1, 0.15) is 5.69 Å². The van der Waals surface area contributed by atoms with E-state index in [2.05, 4.69) is 5.16 Å². The zero-order valence-electron chi connectivity index (χ0n) is 9.96. The Morgan fingerprint density at radius 2 is 2.00 bits per heavy atom. The molecular weight excluding hydrogens is 250 g/mol. The molecule has 0 saturated carbocycles. The lowest BCUT2D eigenvalue weighted by Gasteiger charge is -2.18. The second-order valence-corrected chi connectivity index (χ2v) is 4.11. The van der Waals surface area contributed by atoms with E-state index in [1.165, 1.54) is 0 Å². The molecule has 0 bridgehead atoms. The van der Waals surface area contributed by atoms with Crippen molar-refractivity contribution in [3.63, 3.8) is 0 Å². The summed E-state index contributed by atoms with van der Waals surface area (Å²) >= 11 is 0. The Labute approximate surface area is 108 Å². The van der Waals surface area contributed by atoms with Gasteiger partial charge in [-0.15, -0.1) is 0 Å². The Bertz CT molecular complexity index is 619. The summed E-state index contributed by atoms with van der Waals surface area (Å²) in [6, 6.07) is 7.01. The molecule has 0 unspecified atom stereocenters. The Hall–Kier alpha value is -2.50. The predicted molar refractivity (Wildman–Crippen MR) is 64.3 cm³/mol. The molecule has 0 radical (unpaired) electrons. The van der Waals surface area contributed by atoms with Gasteiger partial charge >= 0.3 is 5.97 Å². The predicted octanol–water partition coefficient (Wildman–Crippen LogP) is 1.74. The maximum Gasteiger partial charge on any atom is 0.309 e. The Balaban J connectivity index is 1.89. The summed E-state index contributed by atoms with van der Waals surface area (Å²) in [5.74, 6) is 0.912. The largest absolute Gasteiger partial charge is 0.486 e. The lowest BCUT2D eigenvalue weighted by Crippen LogP contribution is -2.15. The van der Waals surface area contributed by atoms with Gasteiger partial charge in [-0.05, 0) is 18.2 Å². The number of carbonyl (C=O) groups is 1. The normalized spacial score (nSPS) is 13.3. The van der Waals surface area contributed by atoms with Crippen molar-refractivity contribution in [2.45, 2.75) is 6.42 Å². The first-order valence-electron chi connectivity index (χ1n) is 5.80. The fourth-order valence-corrected chi connectivity index (χ4v) is 1.88. The lowest BCUT2D eigenvalue weighted by molar-refractivity contribution is -0.136. The summed E-state index contributed by atoms with van der Waals surface area (Å²) in [6.45, 7) is 1.05. The third kappa shape index (κ3) is 2.37. The highest BCUT2D eigenvalue weighted by atomic mass is 16.6. The summed E-state index contributed by atoms with van der Waals surface area (Å²) in [6.07, 6.45) is -0.159. The van der Waals surface area contributed by atoms with Gasteiger partial charge in [-0.1, -0.05) is 5.16 Å². The van der Waals surface area contributed by atoms with Crippen LogP contribution < -0.4 is 9.47 Å². The van der Waals surface area contributed by atoms with E-state index in [0.29, 0.717) is 36.2 Å². The fourth-order valence-electron chi connectivity index (χ4n) is 1.88. The van der Waals surface area contributed by atoms with Crippen LogP contribution in [-0.4, -0.2) is 29.4 Å². The van der Waals surface area contributed by atoms with Gasteiger partial charge in [0.1, 0.15) is 13.2 Å². The van der Waals surface area contributed by atoms with Crippen LogP contribution in [0.25, 0.3) is 11.3 Å². The third-order valence-corrected chi connectivity index (χ3v) is 2.72. The van der Waals surface area contributed by atoms with Gasteiger partial charge in [-0.3, -0.25) is 4.79 Å². The minimum absolute atomic E-state index is 0.159. The number of nitrogens with zero attached hydrogens (tertiary/aromatic N) is 1. The molecule has 0 atom stereocenters. The van der Waals surface area contributed by atoms with Crippen LogP contribution in [-0.2, 0) is 11.2 Å². The number of hydrogen-bond donors (Lipinski definition) is 1. The maximum absolute atomic E-state index is 10.6. The van der Waals surface area contributed by atoms with Crippen molar-refractivity contribution in [3.05, 3.63) is 30.0 Å². The second-order valence-electron chi connectivity index (χ2n) is 4.11. The molecule has 0 fully saturated rings. The van der Waals surface area contributed by atoms with E-state index in [-0.39, 0.29) is 6.42 Å². The SMILES string of the molecule is O=C(O)Cc1cc(-c2ccc3c(c2)OCCO3)on1. The Kier molecular flexibility index (Phi) is 2.83. The molecule has 2 aromatic rings. The average molecular weight is 261 g/mol. The highest BCUT2D eigenvalue weighted by Crippen LogP contribution is 2.34. The number of ether oxygens (including phenoxy) is 2. The molecule has 98 valence electrons. The van der Waals surface area contributed by atoms with Crippen LogP contribution in [0.2, 0.25) is 0 Å². The molecule has 19 heavy (non-hydrogen) atoms. The molecule has 0 amide bonds. The fraction of sp³-hybridized carbons (Fsp3) is 0.231. The first-order chi connectivity index (χ1) is 9.22. The van der Waals surface area contributed by atoms with E-state index in [9.17, 15) is 4.79 Å². The minimum Gasteiger partial charge on any atom is -0.486 e. The monoisotopic (exact) mass is 261 g/mol. The number of aliphatic carboxylic acids is 1. The van der Waals surface area contributed by atoms with E-state index in [1.807, 2.05) is 6.07 Å². The van der Waals surface area contributed by atoms with Crippen molar-refractivity contribution in [3.8, 4) is 22.8 Å². The topological polar surface area (TPSA) is 81.8 Å². The zero-order chi connectivity index (χ0) is 13.2. The minimum atomic E-state index is -0.943. The van der Waals surface area contributed by atoms with Crippen molar-refractivity contribution < 1.29 is 23.9 Å². The summed E-state index contributed by atoms with van der Waals surface area (Å²) in [5.41, 5.74) is 1.16. The number of benzene rings is 1. The van der Waals surface area contributed by atoms with Gasteiger partial charge < -0.3 is 19.1 Å². The molecule has 1 aliphatic rings. The summed E-state index contributed by atoms with van der Waals surface area (Å²) in [7, 11) is 0. The van der Waals surface area contributed by atoms with Gasteiger partial charge in [0.2, 0.25) is 0 Å². The average Bonchev–Trinajstić information content (AvgIpc) is 2.86. The molecule has 6 nitrogen and oxygen atoms in total. The third-order valence-electron chi connectivity index (χ3n) is 2.72. The molecule has 2 heterocycles. The van der Waals surface area contributed by atoms with E-state index in [0.717, 1.165) is 5.56 Å². The standard InChI is InChI=1S/C13H11NO5/c15-13(16)7-9-6-11(19-14-9)8-1-2-10-12(5-8)18-4-3-17-10/h1-2,5-6H,3-4,7H2,(H,15,16). The molecule has 1 N–H and O–H groups in total. The molecule has 3 rings (SSSR count). The van der Waals surface area contributed by atoms with Gasteiger partial charge in [0, 0.05) is 11.6 Å². The zero-order valence-corrected chi connectivity index (χ0v) is 9.96. The van der Waals surface area contributed by atoms with Gasteiger partial charge in [0.25, 0.3) is 0 Å². The highest BCUT2D eigenvalue weighted by Gasteiger charge is 2.15. The van der Waals surface area contributed by atoms with E-state index in [1.54, 1.807) is 18.2 Å². The van der Waals surface area contributed by atoms with Gasteiger partial charge in [-0.2, -0.15) is 0 Å². The molecule has 1 aromatic heterocycles. The summed E-state index contributed by atoms with van der Waals surface area (Å²) in [4.78, 5) is 10.6. The Morgan fingerprint density at radius 1 is 1.21 bits per heavy atom. The number of carboxylic acids is 1. The number of fused-ring (bicyclic) bond motifs is 1. The molecular formula is C13H11NO5. The van der Waals surface area contributed by atoms with Crippen LogP contribution in [0, 0.1) is 0 Å². The van der Waals surface area contributed by atoms with E-state index >= 15 is 0 Å². The van der Waals surface area contributed by atoms with Crippen molar-refractivity contribution in [2.75, 3.05) is 13.2 Å². The number of hydrogen-bond acceptors (Lipinski definition) is 5. The van der Waals surface area contributed by atoms with Gasteiger partial charge in [0.05, 0.1) is 12.1 Å². The number of carboxylic acid groups (broad SMARTS) is 1. The molecule has 0 saturated heterocycles. The second kappa shape index (κ2) is 4.64. The van der Waals surface area contributed by atoms with Gasteiger partial charge in [0.15, 0.2) is 17.3 Å². The van der Waals surface area contributed by atoms with Crippen molar-refractivity contribution in [1.29, 1.82) is 0 Å². The molecule has 1 aromatic carbocycles. The highest BCUT2D eigenvalue weighted by molar-refractivity contribution is 5.70. The van der Waals surface area contributed by atoms with Gasteiger partial charge in [-0.25, -0.2) is 0 Å². The maximum atomic E-state index is 10.6. The first-order valence-corrected chi connectivity index (χ1v) is 5.80. The van der Waals surface area contributed by atoms with E-state index in [4.69, 9.17) is 19.1 Å².